The van der Waals surface area contributed by atoms with Crippen molar-refractivity contribution in [3.63, 3.8) is 0 Å². The number of hydrogen-bond acceptors (Lipinski definition) is 5. The van der Waals surface area contributed by atoms with E-state index in [9.17, 15) is 9.59 Å². The Hall–Kier alpha value is -1.89. The summed E-state index contributed by atoms with van der Waals surface area (Å²) in [5, 5.41) is 8.61. The van der Waals surface area contributed by atoms with Crippen LogP contribution in [0.15, 0.2) is 6.07 Å². The lowest BCUT2D eigenvalue weighted by atomic mass is 9.53. The Morgan fingerprint density at radius 1 is 1.25 bits per heavy atom. The number of nitrogens with one attached hydrogen (secondary N) is 1. The first-order valence-corrected chi connectivity index (χ1v) is 11.1. The molecule has 4 saturated carbocycles. The quantitative estimate of drug-likeness (QED) is 0.795. The zero-order valence-corrected chi connectivity index (χ0v) is 17.5. The molecule has 4 aliphatic carbocycles. The van der Waals surface area contributed by atoms with Crippen LogP contribution in [0.1, 0.15) is 60.8 Å². The van der Waals surface area contributed by atoms with Crippen molar-refractivity contribution in [1.29, 1.82) is 0 Å². The molecule has 0 unspecified atom stereocenters. The summed E-state index contributed by atoms with van der Waals surface area (Å²) in [6, 6.07) is 1.81. The van der Waals surface area contributed by atoms with Crippen LogP contribution < -0.4 is 5.32 Å². The molecule has 4 fully saturated rings. The van der Waals surface area contributed by atoms with Gasteiger partial charge in [0.05, 0.1) is 5.69 Å². The van der Waals surface area contributed by atoms with Crippen molar-refractivity contribution in [2.24, 2.45) is 24.8 Å². The maximum absolute atomic E-state index is 12.8. The summed E-state index contributed by atoms with van der Waals surface area (Å²) < 4.78 is 7.29. The van der Waals surface area contributed by atoms with Gasteiger partial charge in [-0.15, -0.1) is 11.3 Å². The van der Waals surface area contributed by atoms with Crippen molar-refractivity contribution in [1.82, 2.24) is 15.1 Å². The molecule has 2 aromatic rings. The lowest BCUT2D eigenvalue weighted by molar-refractivity contribution is -0.134. The van der Waals surface area contributed by atoms with Crippen LogP contribution in [0.3, 0.4) is 0 Å². The molecule has 6 nitrogen and oxygen atoms in total. The van der Waals surface area contributed by atoms with Crippen LogP contribution in [0, 0.1) is 24.7 Å². The number of aromatic nitrogens is 2. The van der Waals surface area contributed by atoms with E-state index in [-0.39, 0.29) is 11.4 Å². The Bertz CT molecular complexity index is 890. The van der Waals surface area contributed by atoms with E-state index in [1.165, 1.54) is 30.6 Å². The zero-order chi connectivity index (χ0) is 19.6. The number of carbonyl (C=O) groups excluding carboxylic acids is 2. The van der Waals surface area contributed by atoms with E-state index in [1.54, 1.807) is 11.6 Å². The Balaban J connectivity index is 1.26. The fourth-order valence-electron chi connectivity index (χ4n) is 6.20. The number of ether oxygens (including phenoxy) is 1. The summed E-state index contributed by atoms with van der Waals surface area (Å²) in [7, 11) is 1.86. The van der Waals surface area contributed by atoms with Gasteiger partial charge in [0, 0.05) is 18.0 Å². The largest absolute Gasteiger partial charge is 0.448 e. The molecule has 0 saturated heterocycles. The summed E-state index contributed by atoms with van der Waals surface area (Å²) >= 11 is 1.36. The van der Waals surface area contributed by atoms with Crippen LogP contribution in [0.5, 0.6) is 0 Å². The first kappa shape index (κ1) is 18.2. The average Bonchev–Trinajstić information content (AvgIpc) is 3.15. The summed E-state index contributed by atoms with van der Waals surface area (Å²) in [5.74, 6) is 1.70. The highest BCUT2D eigenvalue weighted by molar-refractivity contribution is 7.20. The second-order valence-corrected chi connectivity index (χ2v) is 10.3. The highest BCUT2D eigenvalue weighted by atomic mass is 32.1. The number of amides is 1. The number of carbonyl (C=O) groups is 2. The van der Waals surface area contributed by atoms with E-state index >= 15 is 0 Å². The SMILES string of the molecule is Cc1nn(C)c2sc(C(=O)O[C@H](C)C(=O)NC34CC5CC(CC(C5)C3)C4)cc12. The van der Waals surface area contributed by atoms with Crippen LogP contribution >= 0.6 is 11.3 Å². The van der Waals surface area contributed by atoms with Gasteiger partial charge in [-0.05, 0) is 76.2 Å². The van der Waals surface area contributed by atoms with Gasteiger partial charge in [-0.25, -0.2) is 4.79 Å². The van der Waals surface area contributed by atoms with Crippen molar-refractivity contribution in [3.8, 4) is 0 Å². The molecule has 2 aromatic heterocycles. The summed E-state index contributed by atoms with van der Waals surface area (Å²) in [5.41, 5.74) is 0.827. The average molecular weight is 402 g/mol. The van der Waals surface area contributed by atoms with Crippen LogP contribution in [-0.2, 0) is 16.6 Å². The number of nitrogens with zero attached hydrogens (tertiary/aromatic N) is 2. The molecule has 1 amide bonds. The molecule has 0 aliphatic heterocycles. The van der Waals surface area contributed by atoms with Crippen molar-refractivity contribution in [2.75, 3.05) is 0 Å². The van der Waals surface area contributed by atoms with Crippen LogP contribution in [0.4, 0.5) is 0 Å². The van der Waals surface area contributed by atoms with Gasteiger partial charge in [0.1, 0.15) is 9.71 Å². The molecule has 1 N–H and O–H groups in total. The summed E-state index contributed by atoms with van der Waals surface area (Å²) in [6.45, 7) is 3.60. The van der Waals surface area contributed by atoms with Crippen LogP contribution in [-0.4, -0.2) is 33.3 Å². The number of hydrogen-bond donors (Lipinski definition) is 1. The predicted molar refractivity (Wildman–Crippen MR) is 107 cm³/mol. The minimum Gasteiger partial charge on any atom is -0.448 e. The van der Waals surface area contributed by atoms with Crippen molar-refractivity contribution < 1.29 is 14.3 Å². The van der Waals surface area contributed by atoms with E-state index in [0.717, 1.165) is 52.9 Å². The summed E-state index contributed by atoms with van der Waals surface area (Å²) in [6.07, 6.45) is 6.49. The highest BCUT2D eigenvalue weighted by Crippen LogP contribution is 2.55. The van der Waals surface area contributed by atoms with Gasteiger partial charge in [0.15, 0.2) is 6.10 Å². The minimum absolute atomic E-state index is 0.0626. The molecule has 2 heterocycles. The fourth-order valence-corrected chi connectivity index (χ4v) is 7.21. The zero-order valence-electron chi connectivity index (χ0n) is 16.7. The smallest absolute Gasteiger partial charge is 0.349 e. The van der Waals surface area contributed by atoms with E-state index in [4.69, 9.17) is 4.74 Å². The standard InChI is InChI=1S/C21H27N3O3S/c1-11-16-7-17(28-19(16)24(3)23-11)20(26)27-12(2)18(25)22-21-8-13-4-14(9-21)6-15(5-13)10-21/h7,12-15H,4-6,8-10H2,1-3H3,(H,22,25)/t12-,13?,14?,15?,21?/m1/s1. The van der Waals surface area contributed by atoms with E-state index in [0.29, 0.717) is 4.88 Å². The molecule has 7 heteroatoms. The van der Waals surface area contributed by atoms with Crippen LogP contribution in [0.25, 0.3) is 10.2 Å². The third kappa shape index (κ3) is 2.95. The monoisotopic (exact) mass is 401 g/mol. The molecule has 4 aliphatic rings. The molecular formula is C21H27N3O3S. The van der Waals surface area contributed by atoms with E-state index < -0.39 is 12.1 Å². The van der Waals surface area contributed by atoms with E-state index in [1.807, 2.05) is 20.0 Å². The normalized spacial score (nSPS) is 31.9. The maximum atomic E-state index is 12.8. The molecular weight excluding hydrogens is 374 g/mol. The molecule has 28 heavy (non-hydrogen) atoms. The van der Waals surface area contributed by atoms with Crippen molar-refractivity contribution in [2.45, 2.75) is 64.0 Å². The van der Waals surface area contributed by atoms with Crippen molar-refractivity contribution >= 4 is 33.4 Å². The lowest BCUT2D eigenvalue weighted by Crippen LogP contribution is -2.61. The predicted octanol–water partition coefficient (Wildman–Crippen LogP) is 3.57. The molecule has 1 atom stereocenters. The van der Waals surface area contributed by atoms with Crippen LogP contribution in [0.2, 0.25) is 0 Å². The summed E-state index contributed by atoms with van der Waals surface area (Å²) in [4.78, 5) is 26.9. The molecule has 150 valence electrons. The third-order valence-electron chi connectivity index (χ3n) is 6.98. The first-order chi connectivity index (χ1) is 13.3. The van der Waals surface area contributed by atoms with Gasteiger partial charge in [0.25, 0.3) is 5.91 Å². The van der Waals surface area contributed by atoms with Gasteiger partial charge in [0.2, 0.25) is 0 Å². The maximum Gasteiger partial charge on any atom is 0.349 e. The molecule has 4 bridgehead atoms. The van der Waals surface area contributed by atoms with Gasteiger partial charge in [-0.3, -0.25) is 9.48 Å². The highest BCUT2D eigenvalue weighted by Gasteiger charge is 2.51. The second-order valence-electron chi connectivity index (χ2n) is 9.27. The number of fused-ring (bicyclic) bond motifs is 1. The molecule has 6 rings (SSSR count). The second kappa shape index (κ2) is 6.31. The fraction of sp³-hybridized carbons (Fsp3) is 0.667. The Labute approximate surface area is 168 Å². The number of aryl methyl sites for hydroxylation is 2. The molecule has 0 radical (unpaired) electrons. The Morgan fingerprint density at radius 2 is 1.86 bits per heavy atom. The van der Waals surface area contributed by atoms with E-state index in [2.05, 4.69) is 10.4 Å². The Morgan fingerprint density at radius 3 is 2.43 bits per heavy atom. The first-order valence-electron chi connectivity index (χ1n) is 10.3. The minimum atomic E-state index is -0.787. The van der Waals surface area contributed by atoms with Gasteiger partial charge in [-0.2, -0.15) is 5.10 Å². The molecule has 0 spiro atoms. The third-order valence-corrected chi connectivity index (χ3v) is 8.16. The molecule has 0 aromatic carbocycles. The van der Waals surface area contributed by atoms with Crippen molar-refractivity contribution in [3.05, 3.63) is 16.6 Å². The van der Waals surface area contributed by atoms with Gasteiger partial charge >= 0.3 is 5.97 Å². The lowest BCUT2D eigenvalue weighted by Gasteiger charge is -2.57. The topological polar surface area (TPSA) is 73.2 Å². The number of rotatable bonds is 4. The number of esters is 1. The number of thiophene rings is 1. The Kier molecular flexibility index (Phi) is 4.09. The van der Waals surface area contributed by atoms with Gasteiger partial charge < -0.3 is 10.1 Å². The van der Waals surface area contributed by atoms with Gasteiger partial charge in [-0.1, -0.05) is 0 Å².